The van der Waals surface area contributed by atoms with Gasteiger partial charge in [0, 0.05) is 5.56 Å². The van der Waals surface area contributed by atoms with E-state index >= 15 is 0 Å². The molecule has 5 heteroatoms. The second kappa shape index (κ2) is 2.81. The average Bonchev–Trinajstić information content (AvgIpc) is 2.44. The van der Waals surface area contributed by atoms with Gasteiger partial charge in [-0.15, -0.1) is 0 Å². The first kappa shape index (κ1) is 9.21. The van der Waals surface area contributed by atoms with Gasteiger partial charge in [0.15, 0.2) is 0 Å². The first-order valence-electron chi connectivity index (χ1n) is 4.10. The molecule has 1 aliphatic rings. The number of benzene rings is 1. The van der Waals surface area contributed by atoms with Gasteiger partial charge in [-0.2, -0.15) is 0 Å². The zero-order chi connectivity index (χ0) is 10.3. The Labute approximate surface area is 82.2 Å². The van der Waals surface area contributed by atoms with Crippen LogP contribution in [0.5, 0.6) is 0 Å². The quantitative estimate of drug-likeness (QED) is 0.683. The van der Waals surface area contributed by atoms with Gasteiger partial charge in [-0.3, -0.25) is 4.79 Å². The predicted molar refractivity (Wildman–Crippen MR) is 51.2 cm³/mol. The van der Waals surface area contributed by atoms with Gasteiger partial charge in [-0.25, -0.2) is 12.7 Å². The van der Waals surface area contributed by atoms with Crippen LogP contribution in [0, 0.1) is 0 Å². The molecule has 1 heterocycles. The standard InChI is InChI=1S/C9H9NO3S/c1-14(12,13)10-6-7-4-2-3-5-8(7)9(10)11/h2-5H,6H2,1H3. The van der Waals surface area contributed by atoms with Crippen molar-refractivity contribution in [2.24, 2.45) is 0 Å². The molecular weight excluding hydrogens is 202 g/mol. The largest absolute Gasteiger partial charge is 0.268 e. The van der Waals surface area contributed by atoms with Crippen molar-refractivity contribution in [3.8, 4) is 0 Å². The summed E-state index contributed by atoms with van der Waals surface area (Å²) in [6, 6.07) is 6.92. The van der Waals surface area contributed by atoms with Gasteiger partial charge in [0.05, 0.1) is 12.8 Å². The highest BCUT2D eigenvalue weighted by Crippen LogP contribution is 2.23. The molecule has 4 nitrogen and oxygen atoms in total. The number of rotatable bonds is 1. The molecule has 0 atom stereocenters. The van der Waals surface area contributed by atoms with Crippen LogP contribution in [0.1, 0.15) is 15.9 Å². The lowest BCUT2D eigenvalue weighted by Crippen LogP contribution is -2.29. The summed E-state index contributed by atoms with van der Waals surface area (Å²) in [6.45, 7) is 0.161. The average molecular weight is 211 g/mol. The Bertz CT molecular complexity index is 493. The highest BCUT2D eigenvalue weighted by molar-refractivity contribution is 7.88. The van der Waals surface area contributed by atoms with E-state index in [4.69, 9.17) is 0 Å². The minimum Gasteiger partial charge on any atom is -0.268 e. The zero-order valence-corrected chi connectivity index (χ0v) is 8.41. The Kier molecular flexibility index (Phi) is 1.85. The SMILES string of the molecule is CS(=O)(=O)N1Cc2ccccc2C1=O. The topological polar surface area (TPSA) is 54.5 Å². The van der Waals surface area contributed by atoms with Gasteiger partial charge in [-0.1, -0.05) is 18.2 Å². The fraction of sp³-hybridized carbons (Fsp3) is 0.222. The number of sulfonamides is 1. The number of carbonyl (C=O) groups is 1. The molecule has 2 rings (SSSR count). The number of amides is 1. The first-order chi connectivity index (χ1) is 6.50. The molecule has 0 bridgehead atoms. The van der Waals surface area contributed by atoms with E-state index < -0.39 is 15.9 Å². The Morgan fingerprint density at radius 3 is 2.50 bits per heavy atom. The number of fused-ring (bicyclic) bond motifs is 1. The van der Waals surface area contributed by atoms with Crippen LogP contribution in [0.25, 0.3) is 0 Å². The van der Waals surface area contributed by atoms with Crippen molar-refractivity contribution in [1.29, 1.82) is 0 Å². The maximum atomic E-state index is 11.6. The van der Waals surface area contributed by atoms with E-state index in [-0.39, 0.29) is 6.54 Å². The molecular formula is C9H9NO3S. The summed E-state index contributed by atoms with van der Waals surface area (Å²) in [5.74, 6) is -0.428. The lowest BCUT2D eigenvalue weighted by Gasteiger charge is -2.11. The van der Waals surface area contributed by atoms with Crippen LogP contribution in [0.2, 0.25) is 0 Å². The maximum absolute atomic E-state index is 11.6. The van der Waals surface area contributed by atoms with Crippen LogP contribution in [0.4, 0.5) is 0 Å². The Morgan fingerprint density at radius 1 is 1.29 bits per heavy atom. The lowest BCUT2D eigenvalue weighted by atomic mass is 10.1. The summed E-state index contributed by atoms with van der Waals surface area (Å²) in [4.78, 5) is 11.6. The second-order valence-electron chi connectivity index (χ2n) is 3.23. The van der Waals surface area contributed by atoms with Crippen molar-refractivity contribution in [2.75, 3.05) is 6.26 Å². The normalized spacial score (nSPS) is 15.8. The van der Waals surface area contributed by atoms with Crippen molar-refractivity contribution in [1.82, 2.24) is 4.31 Å². The molecule has 0 saturated heterocycles. The predicted octanol–water partition coefficient (Wildman–Crippen LogP) is 0.602. The van der Waals surface area contributed by atoms with Gasteiger partial charge in [-0.05, 0) is 11.6 Å². The van der Waals surface area contributed by atoms with Crippen LogP contribution in [-0.4, -0.2) is 24.9 Å². The van der Waals surface area contributed by atoms with Crippen LogP contribution in [-0.2, 0) is 16.6 Å². The lowest BCUT2D eigenvalue weighted by molar-refractivity contribution is 0.0880. The zero-order valence-electron chi connectivity index (χ0n) is 7.60. The number of carbonyl (C=O) groups excluding carboxylic acids is 1. The summed E-state index contributed by atoms with van der Waals surface area (Å²) >= 11 is 0. The van der Waals surface area contributed by atoms with E-state index in [1.54, 1.807) is 24.3 Å². The van der Waals surface area contributed by atoms with Crippen molar-refractivity contribution in [2.45, 2.75) is 6.54 Å². The Hall–Kier alpha value is -1.36. The Balaban J connectivity index is 2.50. The van der Waals surface area contributed by atoms with Crippen LogP contribution < -0.4 is 0 Å². The summed E-state index contributed by atoms with van der Waals surface area (Å²) in [5, 5.41) is 0. The third-order valence-electron chi connectivity index (χ3n) is 2.19. The van der Waals surface area contributed by atoms with Crippen molar-refractivity contribution in [3.63, 3.8) is 0 Å². The summed E-state index contributed by atoms with van der Waals surface area (Å²) in [5.41, 5.74) is 1.25. The van der Waals surface area contributed by atoms with E-state index in [0.29, 0.717) is 5.56 Å². The third kappa shape index (κ3) is 1.29. The molecule has 0 aromatic heterocycles. The molecule has 0 N–H and O–H groups in total. The highest BCUT2D eigenvalue weighted by Gasteiger charge is 2.32. The van der Waals surface area contributed by atoms with Crippen molar-refractivity contribution < 1.29 is 13.2 Å². The molecule has 1 aromatic carbocycles. The molecule has 0 spiro atoms. The van der Waals surface area contributed by atoms with Gasteiger partial charge in [0.25, 0.3) is 5.91 Å². The molecule has 0 saturated carbocycles. The number of hydrogen-bond donors (Lipinski definition) is 0. The minimum atomic E-state index is -3.44. The summed E-state index contributed by atoms with van der Waals surface area (Å²) in [6.07, 6.45) is 1.04. The molecule has 0 aliphatic carbocycles. The third-order valence-corrected chi connectivity index (χ3v) is 3.28. The molecule has 74 valence electrons. The van der Waals surface area contributed by atoms with Crippen LogP contribution >= 0.6 is 0 Å². The van der Waals surface area contributed by atoms with E-state index in [1.165, 1.54) is 0 Å². The van der Waals surface area contributed by atoms with E-state index in [9.17, 15) is 13.2 Å². The van der Waals surface area contributed by atoms with Gasteiger partial charge in [0.1, 0.15) is 0 Å². The molecule has 14 heavy (non-hydrogen) atoms. The first-order valence-corrected chi connectivity index (χ1v) is 5.95. The van der Waals surface area contributed by atoms with Gasteiger partial charge in [0.2, 0.25) is 10.0 Å². The Morgan fingerprint density at radius 2 is 1.93 bits per heavy atom. The van der Waals surface area contributed by atoms with Gasteiger partial charge < -0.3 is 0 Å². The summed E-state index contributed by atoms with van der Waals surface area (Å²) in [7, 11) is -3.44. The monoisotopic (exact) mass is 211 g/mol. The fourth-order valence-electron chi connectivity index (χ4n) is 1.50. The van der Waals surface area contributed by atoms with E-state index in [2.05, 4.69) is 0 Å². The fourth-order valence-corrected chi connectivity index (χ4v) is 2.27. The van der Waals surface area contributed by atoms with Gasteiger partial charge >= 0.3 is 0 Å². The van der Waals surface area contributed by atoms with Crippen LogP contribution in [0.15, 0.2) is 24.3 Å². The van der Waals surface area contributed by atoms with E-state index in [1.807, 2.05) is 0 Å². The van der Waals surface area contributed by atoms with Crippen molar-refractivity contribution >= 4 is 15.9 Å². The van der Waals surface area contributed by atoms with E-state index in [0.717, 1.165) is 16.1 Å². The molecule has 1 amide bonds. The molecule has 1 aromatic rings. The summed E-state index contributed by atoms with van der Waals surface area (Å²) < 4.78 is 23.3. The number of hydrogen-bond acceptors (Lipinski definition) is 3. The molecule has 1 aliphatic heterocycles. The smallest absolute Gasteiger partial charge is 0.267 e. The van der Waals surface area contributed by atoms with Crippen LogP contribution in [0.3, 0.4) is 0 Å². The maximum Gasteiger partial charge on any atom is 0.267 e. The number of nitrogens with zero attached hydrogens (tertiary/aromatic N) is 1. The van der Waals surface area contributed by atoms with Crippen molar-refractivity contribution in [3.05, 3.63) is 35.4 Å². The molecule has 0 radical (unpaired) electrons. The molecule has 0 unspecified atom stereocenters. The second-order valence-corrected chi connectivity index (χ2v) is 5.14. The minimum absolute atomic E-state index is 0.161. The molecule has 0 fully saturated rings. The highest BCUT2D eigenvalue weighted by atomic mass is 32.2.